The van der Waals surface area contributed by atoms with E-state index in [2.05, 4.69) is 26.1 Å². The van der Waals surface area contributed by atoms with E-state index in [4.69, 9.17) is 11.6 Å². The van der Waals surface area contributed by atoms with E-state index in [1.807, 2.05) is 19.9 Å². The highest BCUT2D eigenvalue weighted by Gasteiger charge is 2.27. The number of nitrogens with one attached hydrogen (secondary N) is 1. The first-order valence-corrected chi connectivity index (χ1v) is 12.0. The molecular formula is C23H31ClN2O3S. The molecular weight excluding hydrogens is 420 g/mol. The van der Waals surface area contributed by atoms with E-state index in [1.165, 1.54) is 4.31 Å². The van der Waals surface area contributed by atoms with Gasteiger partial charge in [-0.15, -0.1) is 0 Å². The topological polar surface area (TPSA) is 66.5 Å². The van der Waals surface area contributed by atoms with Crippen molar-refractivity contribution in [3.8, 4) is 0 Å². The van der Waals surface area contributed by atoms with Gasteiger partial charge >= 0.3 is 0 Å². The van der Waals surface area contributed by atoms with Gasteiger partial charge < -0.3 is 5.32 Å². The molecule has 0 radical (unpaired) electrons. The third-order valence-corrected chi connectivity index (χ3v) is 6.02. The Morgan fingerprint density at radius 1 is 1.00 bits per heavy atom. The fraction of sp³-hybridized carbons (Fsp3) is 0.435. The van der Waals surface area contributed by atoms with Crippen LogP contribution in [-0.4, -0.2) is 26.1 Å². The fourth-order valence-electron chi connectivity index (χ4n) is 3.71. The number of benzene rings is 2. The zero-order valence-corrected chi connectivity index (χ0v) is 20.1. The molecule has 30 heavy (non-hydrogen) atoms. The summed E-state index contributed by atoms with van der Waals surface area (Å²) in [6.45, 7) is 10.5. The normalized spacial score (nSPS) is 12.5. The summed E-state index contributed by atoms with van der Waals surface area (Å²) in [5, 5.41) is 3.57. The number of nitrogens with zero attached hydrogens (tertiary/aromatic N) is 1. The average Bonchev–Trinajstić information content (AvgIpc) is 2.57. The van der Waals surface area contributed by atoms with Gasteiger partial charge in [0.25, 0.3) is 5.91 Å². The van der Waals surface area contributed by atoms with Crippen molar-refractivity contribution in [1.82, 2.24) is 5.32 Å². The molecule has 2 rings (SSSR count). The molecule has 2 aromatic carbocycles. The van der Waals surface area contributed by atoms with E-state index in [9.17, 15) is 13.2 Å². The summed E-state index contributed by atoms with van der Waals surface area (Å²) < 4.78 is 26.1. The minimum Gasteiger partial charge on any atom is -0.347 e. The smallest absolute Gasteiger partial charge is 0.251 e. The summed E-state index contributed by atoms with van der Waals surface area (Å²) in [6.07, 6.45) is 1.98. The lowest BCUT2D eigenvalue weighted by Gasteiger charge is -2.33. The Morgan fingerprint density at radius 2 is 1.57 bits per heavy atom. The van der Waals surface area contributed by atoms with Crippen LogP contribution in [0.25, 0.3) is 0 Å². The summed E-state index contributed by atoms with van der Waals surface area (Å²) in [6, 6.07) is 13.7. The molecule has 0 saturated carbocycles. The molecule has 0 heterocycles. The van der Waals surface area contributed by atoms with Gasteiger partial charge in [-0.05, 0) is 61.6 Å². The predicted octanol–water partition coefficient (Wildman–Crippen LogP) is 5.25. The lowest BCUT2D eigenvalue weighted by Crippen LogP contribution is -2.45. The lowest BCUT2D eigenvalue weighted by molar-refractivity contribution is 0.0891. The minimum absolute atomic E-state index is 0.0787. The van der Waals surface area contributed by atoms with Crippen molar-refractivity contribution in [3.05, 3.63) is 64.7 Å². The van der Waals surface area contributed by atoms with Crippen LogP contribution in [0, 0.1) is 5.41 Å². The first-order chi connectivity index (χ1) is 13.7. The van der Waals surface area contributed by atoms with Gasteiger partial charge in [0.1, 0.15) is 0 Å². The van der Waals surface area contributed by atoms with Crippen molar-refractivity contribution in [2.75, 3.05) is 10.6 Å². The molecule has 0 atom stereocenters. The number of carbonyl (C=O) groups excluding carboxylic acids is 1. The van der Waals surface area contributed by atoms with Crippen LogP contribution in [0.5, 0.6) is 0 Å². The summed E-state index contributed by atoms with van der Waals surface area (Å²) in [4.78, 5) is 12.7. The summed E-state index contributed by atoms with van der Waals surface area (Å²) >= 11 is 6.21. The number of sulfonamides is 1. The van der Waals surface area contributed by atoms with Crippen molar-refractivity contribution >= 4 is 33.2 Å². The average molecular weight is 451 g/mol. The number of halogens is 1. The Hall–Kier alpha value is -2.05. The molecule has 0 bridgehead atoms. The van der Waals surface area contributed by atoms with Gasteiger partial charge in [-0.25, -0.2) is 8.42 Å². The second kappa shape index (κ2) is 8.98. The van der Waals surface area contributed by atoms with Crippen LogP contribution >= 0.6 is 11.6 Å². The standard InChI is InChI=1S/C23H31ClN2O3S/c1-22(2,3)16-23(4,5)25-21(27)17-11-13-19(14-12-17)26(30(6,28)29)15-18-9-7-8-10-20(18)24/h7-14H,15-16H2,1-6H3,(H,25,27). The van der Waals surface area contributed by atoms with Gasteiger partial charge in [0.05, 0.1) is 18.5 Å². The number of hydrogen-bond acceptors (Lipinski definition) is 3. The van der Waals surface area contributed by atoms with Crippen LogP contribution in [0.1, 0.15) is 57.0 Å². The molecule has 0 aliphatic rings. The molecule has 0 unspecified atom stereocenters. The van der Waals surface area contributed by atoms with Gasteiger partial charge in [0, 0.05) is 16.1 Å². The highest BCUT2D eigenvalue weighted by Crippen LogP contribution is 2.28. The van der Waals surface area contributed by atoms with Crippen LogP contribution < -0.4 is 9.62 Å². The highest BCUT2D eigenvalue weighted by atomic mass is 35.5. The van der Waals surface area contributed by atoms with E-state index in [1.54, 1.807) is 42.5 Å². The maximum absolute atomic E-state index is 12.7. The van der Waals surface area contributed by atoms with Gasteiger partial charge in [-0.2, -0.15) is 0 Å². The Bertz CT molecular complexity index is 994. The molecule has 0 fully saturated rings. The first-order valence-electron chi connectivity index (χ1n) is 9.82. The molecule has 1 amide bonds. The third-order valence-electron chi connectivity index (χ3n) is 4.51. The minimum atomic E-state index is -3.54. The molecule has 0 saturated heterocycles. The summed E-state index contributed by atoms with van der Waals surface area (Å²) in [5.41, 5.74) is 1.37. The quantitative estimate of drug-likeness (QED) is 0.626. The van der Waals surface area contributed by atoms with E-state index < -0.39 is 10.0 Å². The van der Waals surface area contributed by atoms with Crippen molar-refractivity contribution in [3.63, 3.8) is 0 Å². The molecule has 164 valence electrons. The van der Waals surface area contributed by atoms with Crippen molar-refractivity contribution in [2.45, 2.75) is 53.1 Å². The number of rotatable bonds is 7. The van der Waals surface area contributed by atoms with Crippen LogP contribution in [-0.2, 0) is 16.6 Å². The molecule has 0 aromatic heterocycles. The number of carbonyl (C=O) groups is 1. The lowest BCUT2D eigenvalue weighted by atomic mass is 9.81. The first kappa shape index (κ1) is 24.2. The highest BCUT2D eigenvalue weighted by molar-refractivity contribution is 7.92. The van der Waals surface area contributed by atoms with Crippen LogP contribution in [0.4, 0.5) is 5.69 Å². The van der Waals surface area contributed by atoms with Gasteiger partial charge in [0.15, 0.2) is 0 Å². The fourth-order valence-corrected chi connectivity index (χ4v) is 4.78. The Morgan fingerprint density at radius 3 is 2.07 bits per heavy atom. The van der Waals surface area contributed by atoms with Crippen LogP contribution in [0.2, 0.25) is 5.02 Å². The SMILES string of the molecule is CC(C)(C)CC(C)(C)NC(=O)c1ccc(N(Cc2ccccc2Cl)S(C)(=O)=O)cc1. The number of hydrogen-bond donors (Lipinski definition) is 1. The molecule has 5 nitrogen and oxygen atoms in total. The Balaban J connectivity index is 2.23. The molecule has 0 aliphatic heterocycles. The van der Waals surface area contributed by atoms with Gasteiger partial charge in [-0.1, -0.05) is 50.6 Å². The largest absolute Gasteiger partial charge is 0.347 e. The second-order valence-electron chi connectivity index (χ2n) is 9.48. The molecule has 0 aliphatic carbocycles. The van der Waals surface area contributed by atoms with E-state index in [0.717, 1.165) is 12.7 Å². The zero-order valence-electron chi connectivity index (χ0n) is 18.5. The zero-order chi connectivity index (χ0) is 22.7. The molecule has 2 aromatic rings. The van der Waals surface area contributed by atoms with Gasteiger partial charge in [-0.3, -0.25) is 9.10 Å². The number of amides is 1. The monoisotopic (exact) mass is 450 g/mol. The number of anilines is 1. The summed E-state index contributed by atoms with van der Waals surface area (Å²) in [7, 11) is -3.54. The molecule has 7 heteroatoms. The van der Waals surface area contributed by atoms with E-state index in [-0.39, 0.29) is 23.4 Å². The van der Waals surface area contributed by atoms with Gasteiger partial charge in [0.2, 0.25) is 10.0 Å². The van der Waals surface area contributed by atoms with Crippen molar-refractivity contribution in [1.29, 1.82) is 0 Å². The van der Waals surface area contributed by atoms with Crippen LogP contribution in [0.15, 0.2) is 48.5 Å². The van der Waals surface area contributed by atoms with E-state index in [0.29, 0.717) is 21.8 Å². The third kappa shape index (κ3) is 7.03. The molecule has 1 N–H and O–H groups in total. The Labute approximate surface area is 185 Å². The maximum atomic E-state index is 12.7. The Kier molecular flexibility index (Phi) is 7.25. The maximum Gasteiger partial charge on any atom is 0.251 e. The van der Waals surface area contributed by atoms with Crippen molar-refractivity contribution in [2.24, 2.45) is 5.41 Å². The molecule has 0 spiro atoms. The van der Waals surface area contributed by atoms with Crippen molar-refractivity contribution < 1.29 is 13.2 Å². The predicted molar refractivity (Wildman–Crippen MR) is 125 cm³/mol. The van der Waals surface area contributed by atoms with Crippen LogP contribution in [0.3, 0.4) is 0 Å². The summed E-state index contributed by atoms with van der Waals surface area (Å²) in [5.74, 6) is -0.187. The van der Waals surface area contributed by atoms with E-state index >= 15 is 0 Å². The second-order valence-corrected chi connectivity index (χ2v) is 11.8.